The van der Waals surface area contributed by atoms with Gasteiger partial charge in [-0.2, -0.15) is 0 Å². The van der Waals surface area contributed by atoms with Crippen LogP contribution in [0.3, 0.4) is 0 Å². The number of hydrogen-bond acceptors (Lipinski definition) is 3. The van der Waals surface area contributed by atoms with Gasteiger partial charge in [0.1, 0.15) is 0 Å². The van der Waals surface area contributed by atoms with Gasteiger partial charge in [0.15, 0.2) is 0 Å². The minimum Gasteiger partial charge on any atom is -0.396 e. The predicted octanol–water partition coefficient (Wildman–Crippen LogP) is 1.90. The van der Waals surface area contributed by atoms with Crippen LogP contribution in [0.2, 0.25) is 0 Å². The summed E-state index contributed by atoms with van der Waals surface area (Å²) in [5.74, 6) is 0. The Hall–Kier alpha value is -0.990. The van der Waals surface area contributed by atoms with E-state index in [-0.39, 0.29) is 0 Å². The molecule has 0 unspecified atom stereocenters. The summed E-state index contributed by atoms with van der Waals surface area (Å²) in [6.07, 6.45) is 10.0. The Morgan fingerprint density at radius 3 is 2.50 bits per heavy atom. The number of nitrogens with zero attached hydrogens (tertiary/aromatic N) is 2. The van der Waals surface area contributed by atoms with Crippen molar-refractivity contribution < 1.29 is 0 Å². The summed E-state index contributed by atoms with van der Waals surface area (Å²) in [5, 5.41) is 0. The summed E-state index contributed by atoms with van der Waals surface area (Å²) in [6.45, 7) is 3.34. The van der Waals surface area contributed by atoms with Crippen molar-refractivity contribution in [1.82, 2.24) is 4.90 Å². The molecule has 2 N–H and O–H groups in total. The van der Waals surface area contributed by atoms with Gasteiger partial charge in [-0.05, 0) is 31.1 Å². The van der Waals surface area contributed by atoms with Gasteiger partial charge in [0.05, 0.1) is 5.70 Å². The number of dihydropyridines is 1. The third-order valence-electron chi connectivity index (χ3n) is 4.66. The largest absolute Gasteiger partial charge is 0.396 e. The van der Waals surface area contributed by atoms with E-state index in [0.717, 1.165) is 24.1 Å². The highest BCUT2D eigenvalue weighted by Crippen LogP contribution is 2.49. The summed E-state index contributed by atoms with van der Waals surface area (Å²) in [5.41, 5.74) is 8.99. The molecule has 1 saturated carbocycles. The van der Waals surface area contributed by atoms with E-state index in [1.165, 1.54) is 50.9 Å². The minimum atomic E-state index is 0.731. The summed E-state index contributed by atoms with van der Waals surface area (Å²) in [6, 6.07) is 0. The smallest absolute Gasteiger partial charge is 0.0691 e. The molecule has 1 spiro atoms. The third-order valence-corrected chi connectivity index (χ3v) is 4.66. The lowest BCUT2D eigenvalue weighted by Crippen LogP contribution is -2.44. The second-order valence-electron chi connectivity index (χ2n) is 5.53. The standard InChI is InChI=1S/C13H21N3/c14-11-10-15-7-2-12(11)16-8-5-13(6-9-16)3-1-4-13/h10H,1-9,14H2. The second kappa shape index (κ2) is 3.79. The van der Waals surface area contributed by atoms with Crippen LogP contribution in [0.4, 0.5) is 0 Å². The number of hydrogen-bond donors (Lipinski definition) is 1. The van der Waals surface area contributed by atoms with E-state index >= 15 is 0 Å². The van der Waals surface area contributed by atoms with Gasteiger partial charge in [0.2, 0.25) is 0 Å². The molecule has 88 valence electrons. The molecule has 0 bridgehead atoms. The van der Waals surface area contributed by atoms with E-state index in [0.29, 0.717) is 0 Å². The van der Waals surface area contributed by atoms with E-state index in [4.69, 9.17) is 5.73 Å². The first-order chi connectivity index (χ1) is 7.79. The molecule has 3 rings (SSSR count). The highest BCUT2D eigenvalue weighted by Gasteiger charge is 2.39. The van der Waals surface area contributed by atoms with Crippen LogP contribution in [0.25, 0.3) is 0 Å². The van der Waals surface area contributed by atoms with Crippen molar-refractivity contribution in [2.75, 3.05) is 19.6 Å². The first-order valence-corrected chi connectivity index (χ1v) is 6.53. The number of piperidine rings is 1. The van der Waals surface area contributed by atoms with Gasteiger partial charge < -0.3 is 10.6 Å². The normalized spacial score (nSPS) is 28.4. The molecule has 2 aliphatic heterocycles. The molecule has 0 atom stereocenters. The van der Waals surface area contributed by atoms with E-state index in [1.54, 1.807) is 0 Å². The van der Waals surface area contributed by atoms with Crippen LogP contribution in [-0.4, -0.2) is 30.7 Å². The van der Waals surface area contributed by atoms with Gasteiger partial charge in [-0.15, -0.1) is 0 Å². The van der Waals surface area contributed by atoms with Gasteiger partial charge in [0.25, 0.3) is 0 Å². The summed E-state index contributed by atoms with van der Waals surface area (Å²) in [4.78, 5) is 6.73. The van der Waals surface area contributed by atoms with Crippen LogP contribution in [0.15, 0.2) is 16.4 Å². The maximum absolute atomic E-state index is 6.01. The van der Waals surface area contributed by atoms with Crippen molar-refractivity contribution in [3.8, 4) is 0 Å². The number of rotatable bonds is 1. The molecule has 3 heteroatoms. The van der Waals surface area contributed by atoms with Crippen molar-refractivity contribution in [2.45, 2.75) is 38.5 Å². The van der Waals surface area contributed by atoms with Gasteiger partial charge in [0, 0.05) is 38.0 Å². The first-order valence-electron chi connectivity index (χ1n) is 6.53. The number of aliphatic imine (C=N–C) groups is 1. The van der Waals surface area contributed by atoms with Crippen molar-refractivity contribution >= 4 is 6.21 Å². The zero-order valence-electron chi connectivity index (χ0n) is 9.91. The molecule has 2 heterocycles. The quantitative estimate of drug-likeness (QED) is 0.732. The number of likely N-dealkylation sites (tertiary alicyclic amines) is 1. The third kappa shape index (κ3) is 1.62. The number of nitrogens with two attached hydrogens (primary N) is 1. The monoisotopic (exact) mass is 219 g/mol. The maximum Gasteiger partial charge on any atom is 0.0691 e. The zero-order chi connectivity index (χ0) is 11.0. The average Bonchev–Trinajstić information content (AvgIpc) is 2.28. The van der Waals surface area contributed by atoms with Crippen molar-refractivity contribution in [1.29, 1.82) is 0 Å². The molecule has 2 fully saturated rings. The molecule has 16 heavy (non-hydrogen) atoms. The molecule has 1 aliphatic carbocycles. The Kier molecular flexibility index (Phi) is 2.41. The molecule has 0 aromatic heterocycles. The molecule has 3 nitrogen and oxygen atoms in total. The molecule has 0 aromatic rings. The molecule has 3 aliphatic rings. The van der Waals surface area contributed by atoms with E-state index in [1.807, 2.05) is 6.21 Å². The van der Waals surface area contributed by atoms with Crippen LogP contribution in [0.5, 0.6) is 0 Å². The van der Waals surface area contributed by atoms with E-state index in [2.05, 4.69) is 9.89 Å². The minimum absolute atomic E-state index is 0.731. The second-order valence-corrected chi connectivity index (χ2v) is 5.53. The predicted molar refractivity (Wildman–Crippen MR) is 66.3 cm³/mol. The lowest BCUT2D eigenvalue weighted by molar-refractivity contribution is 0.0446. The van der Waals surface area contributed by atoms with Crippen LogP contribution in [0, 0.1) is 5.41 Å². The Labute approximate surface area is 97.4 Å². The molecule has 0 amide bonds. The van der Waals surface area contributed by atoms with Crippen molar-refractivity contribution in [2.24, 2.45) is 16.1 Å². The van der Waals surface area contributed by atoms with E-state index < -0.39 is 0 Å². The van der Waals surface area contributed by atoms with Crippen LogP contribution in [-0.2, 0) is 0 Å². The van der Waals surface area contributed by atoms with Crippen molar-refractivity contribution in [3.63, 3.8) is 0 Å². The fourth-order valence-electron chi connectivity index (χ4n) is 3.32. The Morgan fingerprint density at radius 1 is 1.19 bits per heavy atom. The lowest BCUT2D eigenvalue weighted by atomic mass is 9.63. The molecular weight excluding hydrogens is 198 g/mol. The highest BCUT2D eigenvalue weighted by atomic mass is 15.2. The summed E-state index contributed by atoms with van der Waals surface area (Å²) in [7, 11) is 0. The molecule has 0 radical (unpaired) electrons. The first kappa shape index (κ1) is 10.2. The van der Waals surface area contributed by atoms with Gasteiger partial charge >= 0.3 is 0 Å². The fourth-order valence-corrected chi connectivity index (χ4v) is 3.32. The summed E-state index contributed by atoms with van der Waals surface area (Å²) < 4.78 is 0. The Bertz CT molecular complexity index is 329. The lowest BCUT2D eigenvalue weighted by Gasteiger charge is -2.49. The Balaban J connectivity index is 1.67. The maximum atomic E-state index is 6.01. The van der Waals surface area contributed by atoms with Crippen LogP contribution >= 0.6 is 0 Å². The Morgan fingerprint density at radius 2 is 1.94 bits per heavy atom. The van der Waals surface area contributed by atoms with Crippen molar-refractivity contribution in [3.05, 3.63) is 11.4 Å². The van der Waals surface area contributed by atoms with Gasteiger partial charge in [-0.25, -0.2) is 0 Å². The topological polar surface area (TPSA) is 41.6 Å². The van der Waals surface area contributed by atoms with Crippen LogP contribution < -0.4 is 5.73 Å². The SMILES string of the molecule is NC1=C(N2CCC3(CCC3)CC2)CCN=C1. The zero-order valence-corrected chi connectivity index (χ0v) is 9.91. The summed E-state index contributed by atoms with van der Waals surface area (Å²) >= 11 is 0. The van der Waals surface area contributed by atoms with Gasteiger partial charge in [-0.1, -0.05) is 6.42 Å². The van der Waals surface area contributed by atoms with Crippen LogP contribution in [0.1, 0.15) is 38.5 Å². The highest BCUT2D eigenvalue weighted by molar-refractivity contribution is 5.79. The molecule has 0 aromatic carbocycles. The molecular formula is C13H21N3. The number of allylic oxidation sites excluding steroid dienone is 1. The molecule has 1 saturated heterocycles. The van der Waals surface area contributed by atoms with E-state index in [9.17, 15) is 0 Å². The fraction of sp³-hybridized carbons (Fsp3) is 0.769. The van der Waals surface area contributed by atoms with Gasteiger partial charge in [-0.3, -0.25) is 4.99 Å². The average molecular weight is 219 g/mol.